The first-order valence-corrected chi connectivity index (χ1v) is 7.58. The van der Waals surface area contributed by atoms with Gasteiger partial charge in [0.25, 0.3) is 0 Å². The molecule has 0 amide bonds. The van der Waals surface area contributed by atoms with Crippen LogP contribution >= 0.6 is 0 Å². The molecule has 0 radical (unpaired) electrons. The molecule has 5 N–H and O–H groups in total. The number of hydrazine groups is 1. The minimum absolute atomic E-state index is 0.0309. The van der Waals surface area contributed by atoms with E-state index in [1.807, 2.05) is 0 Å². The Morgan fingerprint density at radius 3 is 2.52 bits per heavy atom. The Labute approximate surface area is 140 Å². The summed E-state index contributed by atoms with van der Waals surface area (Å²) in [7, 11) is 0. The Balaban J connectivity index is 1.91. The van der Waals surface area contributed by atoms with Gasteiger partial charge >= 0.3 is 6.18 Å². The average Bonchev–Trinajstić information content (AvgIpc) is 2.92. The molecule has 3 rings (SSSR count). The highest BCUT2D eigenvalue weighted by molar-refractivity contribution is 5.78. The second kappa shape index (κ2) is 6.51. The van der Waals surface area contributed by atoms with E-state index >= 15 is 0 Å². The van der Waals surface area contributed by atoms with Crippen LogP contribution in [0, 0.1) is 5.92 Å². The summed E-state index contributed by atoms with van der Waals surface area (Å²) in [4.78, 5) is 3.85. The summed E-state index contributed by atoms with van der Waals surface area (Å²) in [6.07, 6.45) is -2.60. The quantitative estimate of drug-likeness (QED) is 0.583. The molecule has 0 saturated carbocycles. The van der Waals surface area contributed by atoms with Gasteiger partial charge in [-0.3, -0.25) is 5.43 Å². The fourth-order valence-corrected chi connectivity index (χ4v) is 2.96. The van der Waals surface area contributed by atoms with E-state index in [1.165, 1.54) is 6.08 Å². The van der Waals surface area contributed by atoms with E-state index in [0.717, 1.165) is 12.2 Å². The zero-order valence-corrected chi connectivity index (χ0v) is 12.9. The topological polar surface area (TPSA) is 74.5 Å². The van der Waals surface area contributed by atoms with Gasteiger partial charge in [0.05, 0.1) is 5.92 Å². The number of alkyl halides is 3. The lowest BCUT2D eigenvalue weighted by Gasteiger charge is -2.31. The molecule has 0 bridgehead atoms. The molecule has 0 spiro atoms. The Hall–Kier alpha value is -2.36. The first-order valence-electron chi connectivity index (χ1n) is 7.58. The number of nitrogens with two attached hydrogens (primary N) is 1. The standard InChI is InChI=1S/C15H16F5N5/c16-8-3-1-7(2-4-8)12-10(15(18,19)20)5-9(6-11(12)17)22-14-23-13(21)24-25-14/h1,3,6,10,14,22,25H,2,4-5H2,(H3,21,23,24). The van der Waals surface area contributed by atoms with Crippen molar-refractivity contribution >= 4 is 5.96 Å². The van der Waals surface area contributed by atoms with Crippen molar-refractivity contribution in [3.05, 3.63) is 46.7 Å². The minimum atomic E-state index is -4.64. The maximum atomic E-state index is 14.5. The van der Waals surface area contributed by atoms with Crippen molar-refractivity contribution in [1.82, 2.24) is 16.2 Å². The largest absolute Gasteiger partial charge is 0.396 e. The van der Waals surface area contributed by atoms with Crippen molar-refractivity contribution < 1.29 is 22.0 Å². The molecule has 2 atom stereocenters. The lowest BCUT2D eigenvalue weighted by Crippen LogP contribution is -2.45. The Morgan fingerprint density at radius 2 is 1.96 bits per heavy atom. The lowest BCUT2D eigenvalue weighted by atomic mass is 9.81. The summed E-state index contributed by atoms with van der Waals surface area (Å²) in [5.74, 6) is -3.37. The summed E-state index contributed by atoms with van der Waals surface area (Å²) < 4.78 is 68.1. The van der Waals surface area contributed by atoms with Crippen LogP contribution in [0.3, 0.4) is 0 Å². The number of allylic oxidation sites excluding steroid dienone is 8. The zero-order valence-electron chi connectivity index (χ0n) is 12.9. The van der Waals surface area contributed by atoms with Crippen LogP contribution in [0.2, 0.25) is 0 Å². The highest BCUT2D eigenvalue weighted by atomic mass is 19.4. The van der Waals surface area contributed by atoms with Crippen LogP contribution in [0.15, 0.2) is 51.7 Å². The van der Waals surface area contributed by atoms with Crippen LogP contribution < -0.4 is 21.9 Å². The van der Waals surface area contributed by atoms with E-state index in [2.05, 4.69) is 21.2 Å². The highest BCUT2D eigenvalue weighted by Crippen LogP contribution is 2.45. The number of halogens is 5. The minimum Gasteiger partial charge on any atom is -0.369 e. The second-order valence-corrected chi connectivity index (χ2v) is 5.87. The van der Waals surface area contributed by atoms with E-state index < -0.39 is 42.0 Å². The van der Waals surface area contributed by atoms with Gasteiger partial charge in [0.2, 0.25) is 5.96 Å². The van der Waals surface area contributed by atoms with Crippen LogP contribution in [-0.2, 0) is 0 Å². The number of nitrogens with one attached hydrogen (secondary N) is 3. The van der Waals surface area contributed by atoms with Crippen LogP contribution in [-0.4, -0.2) is 18.4 Å². The lowest BCUT2D eigenvalue weighted by molar-refractivity contribution is -0.164. The average molecular weight is 361 g/mol. The fraction of sp³-hybridized carbons (Fsp3) is 0.400. The van der Waals surface area contributed by atoms with Crippen molar-refractivity contribution in [3.8, 4) is 0 Å². The number of hydrogen-bond donors (Lipinski definition) is 4. The summed E-state index contributed by atoms with van der Waals surface area (Å²) in [6.45, 7) is 0. The summed E-state index contributed by atoms with van der Waals surface area (Å²) in [5, 5.41) is 2.67. The number of aliphatic imine (C=N–C) groups is 1. The molecule has 10 heteroatoms. The van der Waals surface area contributed by atoms with E-state index in [1.54, 1.807) is 0 Å². The van der Waals surface area contributed by atoms with Gasteiger partial charge in [0.15, 0.2) is 6.29 Å². The predicted octanol–water partition coefficient (Wildman–Crippen LogP) is 2.55. The molecule has 0 fully saturated rings. The molecule has 0 aromatic rings. The summed E-state index contributed by atoms with van der Waals surface area (Å²) in [5.41, 5.74) is 10.2. The molecular weight excluding hydrogens is 345 g/mol. The molecule has 25 heavy (non-hydrogen) atoms. The SMILES string of the molecule is NC1=NC(NC2=CC(F)=C(C3=CC=C(F)CC3)C(C(F)(F)F)C2)NN1. The van der Waals surface area contributed by atoms with Gasteiger partial charge < -0.3 is 11.1 Å². The van der Waals surface area contributed by atoms with E-state index in [4.69, 9.17) is 5.73 Å². The smallest absolute Gasteiger partial charge is 0.369 e. The molecule has 5 nitrogen and oxygen atoms in total. The Kier molecular flexibility index (Phi) is 4.55. The predicted molar refractivity (Wildman–Crippen MR) is 81.7 cm³/mol. The Morgan fingerprint density at radius 1 is 1.20 bits per heavy atom. The highest BCUT2D eigenvalue weighted by Gasteiger charge is 2.46. The molecular formula is C15H16F5N5. The number of nitrogens with zero attached hydrogens (tertiary/aromatic N) is 1. The second-order valence-electron chi connectivity index (χ2n) is 5.87. The maximum absolute atomic E-state index is 14.5. The first-order chi connectivity index (χ1) is 11.7. The molecule has 0 aromatic heterocycles. The maximum Gasteiger partial charge on any atom is 0.396 e. The van der Waals surface area contributed by atoms with Crippen molar-refractivity contribution in [3.63, 3.8) is 0 Å². The normalized spacial score (nSPS) is 27.2. The van der Waals surface area contributed by atoms with Crippen molar-refractivity contribution in [2.45, 2.75) is 31.7 Å². The van der Waals surface area contributed by atoms with Gasteiger partial charge in [-0.25, -0.2) is 13.8 Å². The van der Waals surface area contributed by atoms with Crippen LogP contribution in [0.25, 0.3) is 0 Å². The van der Waals surface area contributed by atoms with E-state index in [-0.39, 0.29) is 30.1 Å². The van der Waals surface area contributed by atoms with Crippen molar-refractivity contribution in [1.29, 1.82) is 0 Å². The fourth-order valence-electron chi connectivity index (χ4n) is 2.96. The van der Waals surface area contributed by atoms with Gasteiger partial charge in [0, 0.05) is 24.1 Å². The van der Waals surface area contributed by atoms with Gasteiger partial charge in [-0.2, -0.15) is 18.6 Å². The molecule has 2 aliphatic carbocycles. The summed E-state index contributed by atoms with van der Waals surface area (Å²) >= 11 is 0. The van der Waals surface area contributed by atoms with Crippen LogP contribution in [0.4, 0.5) is 22.0 Å². The molecule has 1 heterocycles. The van der Waals surface area contributed by atoms with Gasteiger partial charge in [-0.1, -0.05) is 6.08 Å². The number of rotatable bonds is 3. The summed E-state index contributed by atoms with van der Waals surface area (Å²) in [6, 6.07) is 0. The van der Waals surface area contributed by atoms with Gasteiger partial charge in [-0.15, -0.1) is 0 Å². The van der Waals surface area contributed by atoms with Gasteiger partial charge in [0.1, 0.15) is 11.7 Å². The number of guanidine groups is 1. The van der Waals surface area contributed by atoms with Crippen LogP contribution in [0.5, 0.6) is 0 Å². The van der Waals surface area contributed by atoms with Crippen molar-refractivity contribution in [2.75, 3.05) is 0 Å². The molecule has 0 aromatic carbocycles. The van der Waals surface area contributed by atoms with Crippen molar-refractivity contribution in [2.24, 2.45) is 16.6 Å². The molecule has 1 aliphatic heterocycles. The monoisotopic (exact) mass is 361 g/mol. The molecule has 0 saturated heterocycles. The third-order valence-corrected chi connectivity index (χ3v) is 4.10. The first kappa shape index (κ1) is 17.5. The molecule has 2 unspecified atom stereocenters. The Bertz CT molecular complexity index is 716. The molecule has 136 valence electrons. The molecule has 3 aliphatic rings. The van der Waals surface area contributed by atoms with E-state index in [9.17, 15) is 22.0 Å². The van der Waals surface area contributed by atoms with E-state index in [0.29, 0.717) is 0 Å². The van der Waals surface area contributed by atoms with Crippen LogP contribution in [0.1, 0.15) is 19.3 Å². The number of hydrogen-bond acceptors (Lipinski definition) is 5. The van der Waals surface area contributed by atoms with Gasteiger partial charge in [-0.05, 0) is 24.1 Å². The third kappa shape index (κ3) is 3.84. The zero-order chi connectivity index (χ0) is 18.2. The third-order valence-electron chi connectivity index (χ3n) is 4.10.